The highest BCUT2D eigenvalue weighted by molar-refractivity contribution is 6.30. The van der Waals surface area contributed by atoms with Crippen molar-refractivity contribution in [2.24, 2.45) is 0 Å². The van der Waals surface area contributed by atoms with Gasteiger partial charge in [-0.3, -0.25) is 4.90 Å². The summed E-state index contributed by atoms with van der Waals surface area (Å²) in [5, 5.41) is 9.07. The van der Waals surface area contributed by atoms with Crippen LogP contribution in [-0.4, -0.2) is 28.2 Å². The lowest BCUT2D eigenvalue weighted by atomic mass is 9.71. The number of hydrogen-bond donors (Lipinski definition) is 0. The second kappa shape index (κ2) is 5.65. The topological polar surface area (TPSA) is 29.0 Å². The lowest BCUT2D eigenvalue weighted by molar-refractivity contribution is 0.295. The molecule has 0 N–H and O–H groups in total. The molecule has 124 valence electrons. The summed E-state index contributed by atoms with van der Waals surface area (Å²) < 4.78 is 0. The predicted octanol–water partition coefficient (Wildman–Crippen LogP) is 4.30. The van der Waals surface area contributed by atoms with E-state index in [0.717, 1.165) is 42.3 Å². The molecule has 1 aromatic heterocycles. The lowest BCUT2D eigenvalue weighted by Crippen LogP contribution is -2.37. The zero-order valence-electron chi connectivity index (χ0n) is 13.8. The van der Waals surface area contributed by atoms with E-state index in [4.69, 9.17) is 11.6 Å². The Labute approximate surface area is 152 Å². The van der Waals surface area contributed by atoms with Gasteiger partial charge in [0.05, 0.1) is 5.69 Å². The molecule has 2 aliphatic heterocycles. The van der Waals surface area contributed by atoms with Crippen molar-refractivity contribution in [3.8, 4) is 11.3 Å². The van der Waals surface area contributed by atoms with Crippen molar-refractivity contribution in [3.63, 3.8) is 0 Å². The minimum atomic E-state index is 0.0824. The zero-order valence-corrected chi connectivity index (χ0v) is 14.6. The standard InChI is InChI=1S/C21H18ClN3/c22-18-6-4-17(5-7-18)21-9-11-25(14-21)13-16-12-15(3-8-19(16)21)20-2-1-10-23-24-20/h1-8,10,12H,9,11,13-14H2. The van der Waals surface area contributed by atoms with Crippen LogP contribution in [0.15, 0.2) is 60.8 Å². The van der Waals surface area contributed by atoms with Crippen LogP contribution < -0.4 is 0 Å². The van der Waals surface area contributed by atoms with Crippen LogP contribution in [0.5, 0.6) is 0 Å². The van der Waals surface area contributed by atoms with Gasteiger partial charge < -0.3 is 0 Å². The van der Waals surface area contributed by atoms with Crippen LogP contribution in [0.2, 0.25) is 5.02 Å². The predicted molar refractivity (Wildman–Crippen MR) is 99.6 cm³/mol. The van der Waals surface area contributed by atoms with Gasteiger partial charge in [0, 0.05) is 35.3 Å². The highest BCUT2D eigenvalue weighted by atomic mass is 35.5. The smallest absolute Gasteiger partial charge is 0.0929 e. The SMILES string of the molecule is Clc1ccc(C23CCN(Cc4cc(-c5cccnn5)ccc42)C3)cc1. The van der Waals surface area contributed by atoms with Gasteiger partial charge in [-0.15, -0.1) is 0 Å². The zero-order chi connectivity index (χ0) is 16.9. The van der Waals surface area contributed by atoms with E-state index in [1.54, 1.807) is 6.20 Å². The number of rotatable bonds is 2. The number of nitrogens with zero attached hydrogens (tertiary/aromatic N) is 3. The average molecular weight is 348 g/mol. The van der Waals surface area contributed by atoms with Gasteiger partial charge in [0.2, 0.25) is 0 Å². The van der Waals surface area contributed by atoms with Crippen molar-refractivity contribution in [1.82, 2.24) is 15.1 Å². The van der Waals surface area contributed by atoms with Crippen LogP contribution >= 0.6 is 11.6 Å². The second-order valence-electron chi connectivity index (χ2n) is 7.03. The van der Waals surface area contributed by atoms with E-state index in [-0.39, 0.29) is 5.41 Å². The van der Waals surface area contributed by atoms with Crippen LogP contribution in [0.4, 0.5) is 0 Å². The second-order valence-corrected chi connectivity index (χ2v) is 7.47. The summed E-state index contributed by atoms with van der Waals surface area (Å²) in [6.45, 7) is 3.24. The molecule has 0 saturated carbocycles. The van der Waals surface area contributed by atoms with Crippen LogP contribution in [0.3, 0.4) is 0 Å². The lowest BCUT2D eigenvalue weighted by Gasteiger charge is -2.37. The highest BCUT2D eigenvalue weighted by Gasteiger charge is 2.45. The van der Waals surface area contributed by atoms with Gasteiger partial charge in [-0.2, -0.15) is 10.2 Å². The number of aromatic nitrogens is 2. The Kier molecular flexibility index (Phi) is 3.40. The first-order valence-corrected chi connectivity index (χ1v) is 9.02. The summed E-state index contributed by atoms with van der Waals surface area (Å²) in [4.78, 5) is 2.55. The van der Waals surface area contributed by atoms with Crippen molar-refractivity contribution in [2.75, 3.05) is 13.1 Å². The molecule has 2 bridgehead atoms. The van der Waals surface area contributed by atoms with E-state index in [1.807, 2.05) is 24.3 Å². The molecule has 0 amide bonds. The maximum absolute atomic E-state index is 6.12. The summed E-state index contributed by atoms with van der Waals surface area (Å²) in [6, 6.07) is 19.1. The van der Waals surface area contributed by atoms with Crippen LogP contribution in [0.1, 0.15) is 23.1 Å². The van der Waals surface area contributed by atoms with Gasteiger partial charge in [0.1, 0.15) is 0 Å². The van der Waals surface area contributed by atoms with Gasteiger partial charge in [-0.05, 0) is 60.0 Å². The Bertz CT molecular complexity index is 924. The first kappa shape index (κ1) is 15.1. The Balaban J connectivity index is 1.64. The highest BCUT2D eigenvalue weighted by Crippen LogP contribution is 2.47. The monoisotopic (exact) mass is 347 g/mol. The number of halogens is 1. The molecule has 2 atom stereocenters. The first-order chi connectivity index (χ1) is 12.2. The molecule has 3 heterocycles. The molecule has 4 heteroatoms. The molecule has 5 rings (SSSR count). The average Bonchev–Trinajstić information content (AvgIpc) is 3.01. The van der Waals surface area contributed by atoms with Crippen molar-refractivity contribution in [3.05, 3.63) is 82.5 Å². The molecule has 0 spiro atoms. The summed E-state index contributed by atoms with van der Waals surface area (Å²) in [5.41, 5.74) is 6.38. The minimum Gasteiger partial charge on any atom is -0.298 e. The fourth-order valence-electron chi connectivity index (χ4n) is 4.45. The number of benzene rings is 2. The van der Waals surface area contributed by atoms with E-state index >= 15 is 0 Å². The molecule has 0 radical (unpaired) electrons. The maximum Gasteiger partial charge on any atom is 0.0929 e. The molecule has 2 unspecified atom stereocenters. The molecule has 2 aromatic carbocycles. The quantitative estimate of drug-likeness (QED) is 0.692. The first-order valence-electron chi connectivity index (χ1n) is 8.64. The van der Waals surface area contributed by atoms with Crippen LogP contribution in [0.25, 0.3) is 11.3 Å². The van der Waals surface area contributed by atoms with Gasteiger partial charge in [0.15, 0.2) is 0 Å². The van der Waals surface area contributed by atoms with Gasteiger partial charge in [-0.25, -0.2) is 0 Å². The summed E-state index contributed by atoms with van der Waals surface area (Å²) in [6.07, 6.45) is 2.87. The van der Waals surface area contributed by atoms with E-state index < -0.39 is 0 Å². The Morgan fingerprint density at radius 2 is 1.92 bits per heavy atom. The maximum atomic E-state index is 6.12. The van der Waals surface area contributed by atoms with Crippen LogP contribution in [-0.2, 0) is 12.0 Å². The normalized spacial score (nSPS) is 24.1. The molecule has 3 nitrogen and oxygen atoms in total. The van der Waals surface area contributed by atoms with Gasteiger partial charge in [-0.1, -0.05) is 35.9 Å². The van der Waals surface area contributed by atoms with Crippen molar-refractivity contribution in [1.29, 1.82) is 0 Å². The third-order valence-corrected chi connectivity index (χ3v) is 5.88. The van der Waals surface area contributed by atoms with Crippen molar-refractivity contribution in [2.45, 2.75) is 18.4 Å². The molecular formula is C21H18ClN3. The molecular weight excluding hydrogens is 330 g/mol. The van der Waals surface area contributed by atoms with E-state index in [9.17, 15) is 0 Å². The van der Waals surface area contributed by atoms with E-state index in [1.165, 1.54) is 16.7 Å². The summed E-state index contributed by atoms with van der Waals surface area (Å²) in [5.74, 6) is 0. The molecule has 2 aliphatic rings. The molecule has 1 saturated heterocycles. The third-order valence-electron chi connectivity index (χ3n) is 5.63. The summed E-state index contributed by atoms with van der Waals surface area (Å²) in [7, 11) is 0. The molecule has 0 aliphatic carbocycles. The van der Waals surface area contributed by atoms with Crippen molar-refractivity contribution < 1.29 is 0 Å². The molecule has 25 heavy (non-hydrogen) atoms. The van der Waals surface area contributed by atoms with Gasteiger partial charge >= 0.3 is 0 Å². The Hall–Kier alpha value is -2.23. The minimum absolute atomic E-state index is 0.0824. The fourth-order valence-corrected chi connectivity index (χ4v) is 4.58. The third kappa shape index (κ3) is 2.38. The summed E-state index contributed by atoms with van der Waals surface area (Å²) >= 11 is 6.12. The number of fused-ring (bicyclic) bond motifs is 4. The Morgan fingerprint density at radius 1 is 1.04 bits per heavy atom. The molecule has 1 fully saturated rings. The Morgan fingerprint density at radius 3 is 2.72 bits per heavy atom. The molecule has 3 aromatic rings. The van der Waals surface area contributed by atoms with E-state index in [2.05, 4.69) is 45.4 Å². The van der Waals surface area contributed by atoms with Gasteiger partial charge in [0.25, 0.3) is 0 Å². The number of hydrogen-bond acceptors (Lipinski definition) is 3. The fraction of sp³-hybridized carbons (Fsp3) is 0.238. The van der Waals surface area contributed by atoms with E-state index in [0.29, 0.717) is 0 Å². The van der Waals surface area contributed by atoms with Crippen LogP contribution in [0, 0.1) is 0 Å². The van der Waals surface area contributed by atoms with Crippen molar-refractivity contribution >= 4 is 11.6 Å². The largest absolute Gasteiger partial charge is 0.298 e.